The standard InChI is InChI=1S/C24H48N4O9Si3/c1-13-29-38(30-14-2-25(1)3-15-31-38)22-10-28(11-23-39-32-16-4-26(5-17-33-39)6-18-34-39)12-24-40-35-19-7-27(8-20-36-40)9-21-37-40/h1-24H2. The summed E-state index contributed by atoms with van der Waals surface area (Å²) in [6.07, 6.45) is 0. The lowest BCUT2D eigenvalue weighted by atomic mass is 10.4. The number of rotatable bonds is 9. The Labute approximate surface area is 241 Å². The van der Waals surface area contributed by atoms with Gasteiger partial charge in [-0.05, 0) is 0 Å². The molecule has 6 bridgehead atoms. The minimum Gasteiger partial charge on any atom is -0.372 e. The van der Waals surface area contributed by atoms with E-state index in [1.165, 1.54) is 0 Å². The van der Waals surface area contributed by atoms with Crippen LogP contribution in [0.2, 0.25) is 18.1 Å². The Morgan fingerprint density at radius 3 is 0.750 bits per heavy atom. The van der Waals surface area contributed by atoms with Gasteiger partial charge in [0.15, 0.2) is 0 Å². The lowest BCUT2D eigenvalue weighted by Crippen LogP contribution is -2.58. The van der Waals surface area contributed by atoms with Gasteiger partial charge in [0.1, 0.15) is 0 Å². The minimum absolute atomic E-state index is 0.664. The maximum absolute atomic E-state index is 6.36. The average molecular weight is 621 g/mol. The van der Waals surface area contributed by atoms with Gasteiger partial charge in [-0.3, -0.25) is 14.7 Å². The van der Waals surface area contributed by atoms with Gasteiger partial charge in [0.25, 0.3) is 0 Å². The maximum atomic E-state index is 6.36. The quantitative estimate of drug-likeness (QED) is 0.303. The molecule has 0 aromatic rings. The zero-order chi connectivity index (χ0) is 27.1. The second-order valence-electron chi connectivity index (χ2n) is 11.3. The van der Waals surface area contributed by atoms with Gasteiger partial charge >= 0.3 is 26.4 Å². The first-order chi connectivity index (χ1) is 19.6. The fourth-order valence-corrected chi connectivity index (χ4v) is 13.7. The molecule has 0 aromatic heterocycles. The molecule has 9 heterocycles. The molecule has 0 spiro atoms. The zero-order valence-electron chi connectivity index (χ0n) is 23.9. The van der Waals surface area contributed by atoms with E-state index >= 15 is 0 Å². The summed E-state index contributed by atoms with van der Waals surface area (Å²) in [5, 5.41) is 0. The van der Waals surface area contributed by atoms with Gasteiger partial charge in [-0.2, -0.15) is 0 Å². The Bertz CT molecular complexity index is 629. The molecule has 0 saturated carbocycles. The molecule has 40 heavy (non-hydrogen) atoms. The highest BCUT2D eigenvalue weighted by molar-refractivity contribution is 6.61. The van der Waals surface area contributed by atoms with Crippen molar-refractivity contribution in [1.29, 1.82) is 0 Å². The van der Waals surface area contributed by atoms with E-state index in [0.29, 0.717) is 59.5 Å². The molecule has 0 N–H and O–H groups in total. The molecule has 0 aromatic carbocycles. The Morgan fingerprint density at radius 1 is 0.350 bits per heavy atom. The molecule has 9 aliphatic rings. The van der Waals surface area contributed by atoms with Crippen LogP contribution >= 0.6 is 0 Å². The van der Waals surface area contributed by atoms with Gasteiger partial charge in [0, 0.05) is 96.7 Å². The van der Waals surface area contributed by atoms with E-state index in [9.17, 15) is 0 Å². The van der Waals surface area contributed by atoms with Crippen molar-refractivity contribution >= 4 is 26.4 Å². The van der Waals surface area contributed by atoms with Gasteiger partial charge < -0.3 is 44.7 Å². The van der Waals surface area contributed by atoms with E-state index < -0.39 is 26.4 Å². The first-order valence-electron chi connectivity index (χ1n) is 15.3. The summed E-state index contributed by atoms with van der Waals surface area (Å²) in [6, 6.07) is 2.27. The molecule has 0 amide bonds. The summed E-state index contributed by atoms with van der Waals surface area (Å²) in [6.45, 7) is 16.9. The van der Waals surface area contributed by atoms with Gasteiger partial charge in [-0.25, -0.2) is 0 Å². The minimum atomic E-state index is -2.76. The third-order valence-corrected chi connectivity index (χ3v) is 17.1. The molecule has 0 unspecified atom stereocenters. The van der Waals surface area contributed by atoms with E-state index in [-0.39, 0.29) is 0 Å². The van der Waals surface area contributed by atoms with Crippen LogP contribution in [0.15, 0.2) is 0 Å². The second kappa shape index (κ2) is 14.3. The summed E-state index contributed by atoms with van der Waals surface area (Å²) < 4.78 is 57.2. The highest BCUT2D eigenvalue weighted by Crippen LogP contribution is 2.26. The van der Waals surface area contributed by atoms with Crippen molar-refractivity contribution in [3.05, 3.63) is 0 Å². The molecule has 0 atom stereocenters. The smallest absolute Gasteiger partial charge is 0.372 e. The third kappa shape index (κ3) is 7.99. The molecule has 16 heteroatoms. The molecule has 9 rings (SSSR count). The topological polar surface area (TPSA) is 96.0 Å². The van der Waals surface area contributed by atoms with Crippen LogP contribution in [0, 0.1) is 0 Å². The van der Waals surface area contributed by atoms with Crippen molar-refractivity contribution in [2.24, 2.45) is 0 Å². The normalized spacial score (nSPS) is 41.2. The van der Waals surface area contributed by atoms with Crippen LogP contribution in [0.1, 0.15) is 0 Å². The Balaban J connectivity index is 1.13. The van der Waals surface area contributed by atoms with Gasteiger partial charge in [0.2, 0.25) is 0 Å². The Hall–Kier alpha value is 0.131. The second-order valence-corrected chi connectivity index (χ2v) is 19.5. The molecule has 0 aliphatic carbocycles. The number of fused-ring (bicyclic) bond motifs is 18. The van der Waals surface area contributed by atoms with E-state index in [1.54, 1.807) is 0 Å². The van der Waals surface area contributed by atoms with Crippen LogP contribution in [0.5, 0.6) is 0 Å². The largest absolute Gasteiger partial charge is 0.502 e. The zero-order valence-corrected chi connectivity index (χ0v) is 26.9. The van der Waals surface area contributed by atoms with E-state index in [1.807, 2.05) is 0 Å². The summed E-state index contributed by atoms with van der Waals surface area (Å²) in [5.74, 6) is 0. The summed E-state index contributed by atoms with van der Waals surface area (Å²) >= 11 is 0. The van der Waals surface area contributed by atoms with Crippen molar-refractivity contribution in [3.8, 4) is 0 Å². The first kappa shape index (κ1) is 30.2. The summed E-state index contributed by atoms with van der Waals surface area (Å²) in [4.78, 5) is 9.52. The fourth-order valence-electron chi connectivity index (χ4n) is 6.22. The highest BCUT2D eigenvalue weighted by Gasteiger charge is 2.48. The molecule has 9 saturated heterocycles. The monoisotopic (exact) mass is 620 g/mol. The Kier molecular flexibility index (Phi) is 10.8. The van der Waals surface area contributed by atoms with Crippen LogP contribution in [-0.4, -0.2) is 184 Å². The Morgan fingerprint density at radius 2 is 0.550 bits per heavy atom. The van der Waals surface area contributed by atoms with E-state index in [4.69, 9.17) is 39.8 Å². The predicted octanol–water partition coefficient (Wildman–Crippen LogP) is -0.758. The molecular weight excluding hydrogens is 573 g/mol. The average Bonchev–Trinajstić information content (AvgIpc) is 2.84. The van der Waals surface area contributed by atoms with Gasteiger partial charge in [-0.15, -0.1) is 0 Å². The fraction of sp³-hybridized carbons (Fsp3) is 1.00. The SMILES string of the molecule is C1CN2CCO[Si](CCN(CC[Si]34OCCN(CCO3)CCO4)CC[Si]34OCCN(CCO3)CCO4)(O1)OCC2. The number of nitrogens with zero attached hydrogens (tertiary/aromatic N) is 4. The van der Waals surface area contributed by atoms with Crippen LogP contribution in [0.25, 0.3) is 0 Å². The molecule has 0 radical (unpaired) electrons. The molecular formula is C24H48N4O9Si3. The predicted molar refractivity (Wildman–Crippen MR) is 151 cm³/mol. The van der Waals surface area contributed by atoms with Gasteiger partial charge in [-0.1, -0.05) is 0 Å². The van der Waals surface area contributed by atoms with E-state index in [2.05, 4.69) is 19.6 Å². The molecule has 13 nitrogen and oxygen atoms in total. The lowest BCUT2D eigenvalue weighted by molar-refractivity contribution is -0.0131. The maximum Gasteiger partial charge on any atom is 0.502 e. The summed E-state index contributed by atoms with van der Waals surface area (Å²) in [5.41, 5.74) is 0. The van der Waals surface area contributed by atoms with Crippen LogP contribution in [-0.2, 0) is 39.8 Å². The molecule has 9 aliphatic heterocycles. The van der Waals surface area contributed by atoms with Crippen molar-refractivity contribution < 1.29 is 39.8 Å². The van der Waals surface area contributed by atoms with Gasteiger partial charge in [0.05, 0.1) is 59.5 Å². The lowest BCUT2D eigenvalue weighted by Gasteiger charge is -2.41. The molecule has 230 valence electrons. The highest BCUT2D eigenvalue weighted by atomic mass is 28.4. The number of hydrogen-bond acceptors (Lipinski definition) is 13. The van der Waals surface area contributed by atoms with Crippen LogP contribution < -0.4 is 0 Å². The third-order valence-electron chi connectivity index (χ3n) is 8.77. The summed E-state index contributed by atoms with van der Waals surface area (Å²) in [7, 11) is -8.27. The molecule has 9 fully saturated rings. The van der Waals surface area contributed by atoms with Crippen LogP contribution in [0.4, 0.5) is 0 Å². The van der Waals surface area contributed by atoms with Crippen molar-refractivity contribution in [3.63, 3.8) is 0 Å². The number of hydrogen-bond donors (Lipinski definition) is 0. The first-order valence-corrected chi connectivity index (χ1v) is 21.1. The van der Waals surface area contributed by atoms with Crippen molar-refractivity contribution in [1.82, 2.24) is 19.6 Å². The van der Waals surface area contributed by atoms with Crippen molar-refractivity contribution in [2.75, 3.05) is 138 Å². The van der Waals surface area contributed by atoms with Crippen molar-refractivity contribution in [2.45, 2.75) is 18.1 Å². The van der Waals surface area contributed by atoms with Crippen LogP contribution in [0.3, 0.4) is 0 Å². The van der Waals surface area contributed by atoms with E-state index in [0.717, 1.165) is 96.7 Å².